The molecule has 3 aromatic carbocycles. The predicted octanol–water partition coefficient (Wildman–Crippen LogP) is 3.86. The highest BCUT2D eigenvalue weighted by Crippen LogP contribution is 2.29. The van der Waals surface area contributed by atoms with Gasteiger partial charge in [0.1, 0.15) is 22.5 Å². The summed E-state index contributed by atoms with van der Waals surface area (Å²) in [5.74, 6) is -1.41. The van der Waals surface area contributed by atoms with Crippen molar-refractivity contribution < 1.29 is 31.9 Å². The molecule has 1 atom stereocenters. The zero-order chi connectivity index (χ0) is 29.5. The molecule has 214 valence electrons. The van der Waals surface area contributed by atoms with Crippen molar-refractivity contribution in [1.29, 1.82) is 0 Å². The van der Waals surface area contributed by atoms with Crippen molar-refractivity contribution in [2.75, 3.05) is 33.2 Å². The third kappa shape index (κ3) is 7.87. The Labute approximate surface area is 234 Å². The van der Waals surface area contributed by atoms with E-state index < -0.39 is 39.2 Å². The average Bonchev–Trinajstić information content (AvgIpc) is 2.91. The molecule has 0 aromatic heterocycles. The molecule has 0 heterocycles. The lowest BCUT2D eigenvalue weighted by Crippen LogP contribution is -2.46. The quantitative estimate of drug-likeness (QED) is 0.341. The fourth-order valence-corrected chi connectivity index (χ4v) is 5.73. The van der Waals surface area contributed by atoms with E-state index in [0.717, 1.165) is 5.56 Å². The smallest absolute Gasteiger partial charge is 0.254 e. The lowest BCUT2D eigenvalue weighted by molar-refractivity contribution is -0.120. The van der Waals surface area contributed by atoms with E-state index in [1.54, 1.807) is 13.8 Å². The van der Waals surface area contributed by atoms with Crippen molar-refractivity contribution in [3.8, 4) is 5.75 Å². The number of nitrogens with zero attached hydrogens (tertiary/aromatic N) is 1. The topological polar surface area (TPSA) is 114 Å². The number of hydrogen-bond donors (Lipinski definition) is 2. The summed E-state index contributed by atoms with van der Waals surface area (Å²) in [6, 6.07) is 17.5. The highest BCUT2D eigenvalue weighted by molar-refractivity contribution is 7.89. The second-order valence-electron chi connectivity index (χ2n) is 9.91. The molecule has 0 saturated carbocycles. The summed E-state index contributed by atoms with van der Waals surface area (Å²) in [4.78, 5) is 27.9. The van der Waals surface area contributed by atoms with Crippen molar-refractivity contribution in [2.24, 2.45) is 0 Å². The van der Waals surface area contributed by atoms with Crippen molar-refractivity contribution in [2.45, 2.75) is 36.7 Å². The summed E-state index contributed by atoms with van der Waals surface area (Å²) in [5.41, 5.74) is 0.454. The molecule has 0 aliphatic heterocycles. The standard InChI is InChI=1S/C29H34FN3O6S/c1-29(2,19-38-4)32-40(36,37)26-16-15-23(18-25(26)39-5)31-27(34)24(17-20-9-7-6-8-10-20)33(3)28(35)21-11-13-22(30)14-12-21/h6-16,18,24,32H,17,19H2,1-5H3,(H,31,34). The van der Waals surface area contributed by atoms with Crippen LogP contribution in [0.1, 0.15) is 29.8 Å². The highest BCUT2D eigenvalue weighted by atomic mass is 32.2. The number of hydrogen-bond acceptors (Lipinski definition) is 6. The van der Waals surface area contributed by atoms with Gasteiger partial charge in [0, 0.05) is 37.9 Å². The van der Waals surface area contributed by atoms with Crippen LogP contribution in [0.15, 0.2) is 77.7 Å². The van der Waals surface area contributed by atoms with Crippen LogP contribution < -0.4 is 14.8 Å². The maximum Gasteiger partial charge on any atom is 0.254 e. The number of carbonyl (C=O) groups is 2. The van der Waals surface area contributed by atoms with E-state index >= 15 is 0 Å². The van der Waals surface area contributed by atoms with E-state index in [-0.39, 0.29) is 34.9 Å². The van der Waals surface area contributed by atoms with Gasteiger partial charge in [0.25, 0.3) is 5.91 Å². The number of ether oxygens (including phenoxy) is 2. The van der Waals surface area contributed by atoms with Crippen LogP contribution in [0.3, 0.4) is 0 Å². The van der Waals surface area contributed by atoms with Gasteiger partial charge in [-0.3, -0.25) is 9.59 Å². The summed E-state index contributed by atoms with van der Waals surface area (Å²) in [6.07, 6.45) is 0.207. The van der Waals surface area contributed by atoms with E-state index in [9.17, 15) is 22.4 Å². The van der Waals surface area contributed by atoms with Gasteiger partial charge in [-0.2, -0.15) is 0 Å². The van der Waals surface area contributed by atoms with Crippen LogP contribution in [0.25, 0.3) is 0 Å². The number of benzene rings is 3. The Kier molecular flexibility index (Phi) is 10.0. The number of likely N-dealkylation sites (N-methyl/N-ethyl adjacent to an activating group) is 1. The maximum absolute atomic E-state index is 13.5. The summed E-state index contributed by atoms with van der Waals surface area (Å²) in [5, 5.41) is 2.77. The fourth-order valence-electron chi connectivity index (χ4n) is 4.18. The number of methoxy groups -OCH3 is 2. The Bertz CT molecular complexity index is 1430. The van der Waals surface area contributed by atoms with Crippen LogP contribution in [0, 0.1) is 5.82 Å². The van der Waals surface area contributed by atoms with Gasteiger partial charge in [-0.05, 0) is 55.8 Å². The maximum atomic E-state index is 13.5. The third-order valence-corrected chi connectivity index (χ3v) is 7.83. The monoisotopic (exact) mass is 571 g/mol. The van der Waals surface area contributed by atoms with Gasteiger partial charge >= 0.3 is 0 Å². The zero-order valence-electron chi connectivity index (χ0n) is 23.1. The van der Waals surface area contributed by atoms with E-state index in [0.29, 0.717) is 0 Å². The van der Waals surface area contributed by atoms with Crippen molar-refractivity contribution in [1.82, 2.24) is 9.62 Å². The van der Waals surface area contributed by atoms with Crippen LogP contribution in [0.4, 0.5) is 10.1 Å². The molecule has 3 rings (SSSR count). The molecule has 2 amide bonds. The van der Waals surface area contributed by atoms with Gasteiger partial charge in [0.15, 0.2) is 0 Å². The van der Waals surface area contributed by atoms with Gasteiger partial charge in [0.05, 0.1) is 19.3 Å². The zero-order valence-corrected chi connectivity index (χ0v) is 23.9. The summed E-state index contributed by atoms with van der Waals surface area (Å²) in [7, 11) is 0.315. The summed E-state index contributed by atoms with van der Waals surface area (Å²) >= 11 is 0. The SMILES string of the molecule is COCC(C)(C)NS(=O)(=O)c1ccc(NC(=O)C(Cc2ccccc2)N(C)C(=O)c2ccc(F)cc2)cc1OC. The number of nitrogens with one attached hydrogen (secondary N) is 2. The minimum Gasteiger partial charge on any atom is -0.495 e. The largest absolute Gasteiger partial charge is 0.495 e. The number of amides is 2. The number of sulfonamides is 1. The Morgan fingerprint density at radius 3 is 2.25 bits per heavy atom. The molecule has 1 unspecified atom stereocenters. The molecule has 0 fully saturated rings. The predicted molar refractivity (Wildman–Crippen MR) is 150 cm³/mol. The average molecular weight is 572 g/mol. The fraction of sp³-hybridized carbons (Fsp3) is 0.310. The van der Waals surface area contributed by atoms with Crippen molar-refractivity contribution in [3.05, 3.63) is 89.7 Å². The molecule has 40 heavy (non-hydrogen) atoms. The third-order valence-electron chi connectivity index (χ3n) is 6.09. The lowest BCUT2D eigenvalue weighted by atomic mass is 10.0. The molecule has 11 heteroatoms. The first-order valence-electron chi connectivity index (χ1n) is 12.5. The van der Waals surface area contributed by atoms with Crippen LogP contribution in [-0.4, -0.2) is 64.6 Å². The van der Waals surface area contributed by atoms with Crippen LogP contribution in [0.5, 0.6) is 5.75 Å². The molecule has 0 bridgehead atoms. The molecule has 0 spiro atoms. The number of carbonyl (C=O) groups excluding carboxylic acids is 2. The normalized spacial score (nSPS) is 12.4. The molecule has 0 aliphatic carbocycles. The van der Waals surface area contributed by atoms with Gasteiger partial charge in [-0.25, -0.2) is 17.5 Å². The van der Waals surface area contributed by atoms with E-state index in [1.807, 2.05) is 30.3 Å². The number of rotatable bonds is 12. The van der Waals surface area contributed by atoms with Gasteiger partial charge in [-0.1, -0.05) is 30.3 Å². The molecule has 2 N–H and O–H groups in total. The van der Waals surface area contributed by atoms with Crippen molar-refractivity contribution in [3.63, 3.8) is 0 Å². The first-order chi connectivity index (χ1) is 18.9. The Hall–Kier alpha value is -3.80. The molecular formula is C29H34FN3O6S. The molecule has 3 aromatic rings. The molecule has 0 saturated heterocycles. The first kappa shape index (κ1) is 30.7. The lowest BCUT2D eigenvalue weighted by Gasteiger charge is -2.28. The van der Waals surface area contributed by atoms with E-state index in [1.165, 1.54) is 68.6 Å². The second-order valence-corrected chi connectivity index (χ2v) is 11.6. The van der Waals surface area contributed by atoms with Gasteiger partial charge < -0.3 is 19.7 Å². The second kappa shape index (κ2) is 13.0. The Morgan fingerprint density at radius 1 is 1.00 bits per heavy atom. The molecule has 0 aliphatic rings. The Balaban J connectivity index is 1.89. The number of halogens is 1. The van der Waals surface area contributed by atoms with E-state index in [2.05, 4.69) is 10.0 Å². The first-order valence-corrected chi connectivity index (χ1v) is 13.9. The van der Waals surface area contributed by atoms with Crippen LogP contribution in [0.2, 0.25) is 0 Å². The minimum atomic E-state index is -3.99. The summed E-state index contributed by atoms with van der Waals surface area (Å²) in [6.45, 7) is 3.52. The highest BCUT2D eigenvalue weighted by Gasteiger charge is 2.30. The Morgan fingerprint density at radius 2 is 1.65 bits per heavy atom. The van der Waals surface area contributed by atoms with E-state index in [4.69, 9.17) is 9.47 Å². The summed E-state index contributed by atoms with van der Waals surface area (Å²) < 4.78 is 52.6. The van der Waals surface area contributed by atoms with Gasteiger partial charge in [0.2, 0.25) is 15.9 Å². The molecule has 9 nitrogen and oxygen atoms in total. The van der Waals surface area contributed by atoms with Crippen LogP contribution >= 0.6 is 0 Å². The number of anilines is 1. The van der Waals surface area contributed by atoms with Gasteiger partial charge in [-0.15, -0.1) is 0 Å². The minimum absolute atomic E-state index is 0.0221. The molecule has 0 radical (unpaired) electrons. The van der Waals surface area contributed by atoms with Crippen LogP contribution in [-0.2, 0) is 26.0 Å². The van der Waals surface area contributed by atoms with Crippen molar-refractivity contribution >= 4 is 27.5 Å². The molecular weight excluding hydrogens is 537 g/mol.